The molecule has 0 radical (unpaired) electrons. The number of benzene rings is 2. The Morgan fingerprint density at radius 1 is 1.10 bits per heavy atom. The lowest BCUT2D eigenvalue weighted by Gasteiger charge is -2.28. The predicted molar refractivity (Wildman–Crippen MR) is 111 cm³/mol. The van der Waals surface area contributed by atoms with Crippen molar-refractivity contribution in [2.75, 3.05) is 19.6 Å². The van der Waals surface area contributed by atoms with Crippen LogP contribution in [0.1, 0.15) is 22.5 Å². The number of hydrogen-bond acceptors (Lipinski definition) is 2. The number of carbonyl (C=O) groups is 2. The van der Waals surface area contributed by atoms with Crippen LogP contribution in [0.4, 0.5) is 13.2 Å². The maximum absolute atomic E-state index is 13.3. The van der Waals surface area contributed by atoms with E-state index in [1.54, 1.807) is 29.2 Å². The predicted octanol–water partition coefficient (Wildman–Crippen LogP) is 4.02. The minimum absolute atomic E-state index is 0.0426. The molecular formula is C23H22F3N3O2. The number of fused-ring (bicyclic) bond motifs is 1. The number of nitrogens with zero attached hydrogens (tertiary/aromatic N) is 2. The third-order valence-corrected chi connectivity index (χ3v) is 5.53. The number of H-pyrrole nitrogens is 1. The number of aromatic nitrogens is 1. The maximum atomic E-state index is 13.3. The van der Waals surface area contributed by atoms with Gasteiger partial charge in [0.15, 0.2) is 0 Å². The normalized spacial score (nSPS) is 16.8. The zero-order chi connectivity index (χ0) is 22.0. The Kier molecular flexibility index (Phi) is 5.71. The molecule has 1 atom stereocenters. The number of halogens is 3. The van der Waals surface area contributed by atoms with Gasteiger partial charge in [-0.15, -0.1) is 0 Å². The van der Waals surface area contributed by atoms with Crippen molar-refractivity contribution in [3.05, 3.63) is 71.9 Å². The van der Waals surface area contributed by atoms with Crippen molar-refractivity contribution in [3.63, 3.8) is 0 Å². The third kappa shape index (κ3) is 4.73. The molecule has 1 fully saturated rings. The Balaban J connectivity index is 1.53. The van der Waals surface area contributed by atoms with Crippen LogP contribution < -0.4 is 0 Å². The standard InChI is InChI=1S/C23H22F3N3O2/c24-23(25,26)15-29(21(30)19-14-17-8-4-5-9-18(17)27-19)20-11-13-28(22(20)31)12-10-16-6-2-1-3-7-16/h1-9,14,20,27H,10-13,15H2. The number of nitrogens with one attached hydrogen (secondary N) is 1. The van der Waals surface area contributed by atoms with Gasteiger partial charge in [0.1, 0.15) is 18.3 Å². The van der Waals surface area contributed by atoms with E-state index in [0.29, 0.717) is 29.9 Å². The monoisotopic (exact) mass is 429 g/mol. The van der Waals surface area contributed by atoms with Gasteiger partial charge in [0.25, 0.3) is 5.91 Å². The van der Waals surface area contributed by atoms with Crippen molar-refractivity contribution in [3.8, 4) is 0 Å². The van der Waals surface area contributed by atoms with E-state index in [2.05, 4.69) is 4.98 Å². The van der Waals surface area contributed by atoms with Gasteiger partial charge < -0.3 is 14.8 Å². The molecule has 1 aliphatic rings. The minimum Gasteiger partial charge on any atom is -0.351 e. The highest BCUT2D eigenvalue weighted by atomic mass is 19.4. The molecule has 1 aliphatic heterocycles. The highest BCUT2D eigenvalue weighted by Crippen LogP contribution is 2.26. The van der Waals surface area contributed by atoms with Crippen LogP contribution in [0.25, 0.3) is 10.9 Å². The number of amides is 2. The Morgan fingerprint density at radius 3 is 2.52 bits per heavy atom. The quantitative estimate of drug-likeness (QED) is 0.644. The van der Waals surface area contributed by atoms with Crippen LogP contribution in [-0.4, -0.2) is 58.5 Å². The molecule has 1 saturated heterocycles. The van der Waals surface area contributed by atoms with Crippen LogP contribution in [0.3, 0.4) is 0 Å². The van der Waals surface area contributed by atoms with E-state index in [-0.39, 0.29) is 12.1 Å². The topological polar surface area (TPSA) is 56.4 Å². The van der Waals surface area contributed by atoms with Crippen molar-refractivity contribution in [1.82, 2.24) is 14.8 Å². The smallest absolute Gasteiger partial charge is 0.351 e. The van der Waals surface area contributed by atoms with E-state index in [1.165, 1.54) is 6.07 Å². The first-order valence-corrected chi connectivity index (χ1v) is 10.1. The fraction of sp³-hybridized carbons (Fsp3) is 0.304. The highest BCUT2D eigenvalue weighted by Gasteiger charge is 2.43. The summed E-state index contributed by atoms with van der Waals surface area (Å²) in [6.07, 6.45) is -3.83. The van der Waals surface area contributed by atoms with Gasteiger partial charge in [-0.05, 0) is 30.5 Å². The lowest BCUT2D eigenvalue weighted by Crippen LogP contribution is -2.49. The number of likely N-dealkylation sites (tertiary alicyclic amines) is 1. The van der Waals surface area contributed by atoms with E-state index in [1.807, 2.05) is 30.3 Å². The molecule has 1 N–H and O–H groups in total. The molecule has 5 nitrogen and oxygen atoms in total. The first-order chi connectivity index (χ1) is 14.8. The first kappa shape index (κ1) is 21.0. The van der Waals surface area contributed by atoms with Crippen molar-refractivity contribution in [1.29, 1.82) is 0 Å². The SMILES string of the molecule is O=C1C(N(CC(F)(F)F)C(=O)c2cc3ccccc3[nH]2)CCN1CCc1ccccc1. The molecule has 4 rings (SSSR count). The number of hydrogen-bond donors (Lipinski definition) is 1. The molecule has 3 aromatic rings. The molecule has 1 unspecified atom stereocenters. The van der Waals surface area contributed by atoms with Crippen molar-refractivity contribution in [2.24, 2.45) is 0 Å². The maximum Gasteiger partial charge on any atom is 0.406 e. The van der Waals surface area contributed by atoms with Crippen molar-refractivity contribution < 1.29 is 22.8 Å². The fourth-order valence-corrected chi connectivity index (χ4v) is 4.00. The second-order valence-electron chi connectivity index (χ2n) is 7.68. The zero-order valence-corrected chi connectivity index (χ0v) is 16.7. The van der Waals surface area contributed by atoms with Gasteiger partial charge in [-0.3, -0.25) is 9.59 Å². The number of rotatable bonds is 6. The molecule has 1 aromatic heterocycles. The van der Waals surface area contributed by atoms with Gasteiger partial charge in [-0.25, -0.2) is 0 Å². The summed E-state index contributed by atoms with van der Waals surface area (Å²) >= 11 is 0. The summed E-state index contributed by atoms with van der Waals surface area (Å²) in [6, 6.07) is 17.0. The number of aromatic amines is 1. The summed E-state index contributed by atoms with van der Waals surface area (Å²) in [4.78, 5) is 31.0. The Hall–Kier alpha value is -3.29. The van der Waals surface area contributed by atoms with Crippen LogP contribution in [0.5, 0.6) is 0 Å². The van der Waals surface area contributed by atoms with Crippen LogP contribution in [0.15, 0.2) is 60.7 Å². The van der Waals surface area contributed by atoms with E-state index in [4.69, 9.17) is 0 Å². The second-order valence-corrected chi connectivity index (χ2v) is 7.68. The lowest BCUT2D eigenvalue weighted by molar-refractivity contribution is -0.149. The van der Waals surface area contributed by atoms with Crippen LogP contribution in [0, 0.1) is 0 Å². The molecule has 8 heteroatoms. The molecule has 31 heavy (non-hydrogen) atoms. The lowest BCUT2D eigenvalue weighted by atomic mass is 10.1. The molecule has 0 aliphatic carbocycles. The average molecular weight is 429 g/mol. The Labute approximate surface area is 177 Å². The van der Waals surface area contributed by atoms with Crippen molar-refractivity contribution in [2.45, 2.75) is 25.1 Å². The fourth-order valence-electron chi connectivity index (χ4n) is 4.00. The van der Waals surface area contributed by atoms with Gasteiger partial charge in [0.2, 0.25) is 5.91 Å². The highest BCUT2D eigenvalue weighted by molar-refractivity contribution is 6.00. The average Bonchev–Trinajstić information content (AvgIpc) is 3.34. The molecule has 0 spiro atoms. The van der Waals surface area contributed by atoms with Gasteiger partial charge in [0.05, 0.1) is 0 Å². The molecule has 2 aromatic carbocycles. The van der Waals surface area contributed by atoms with Crippen LogP contribution >= 0.6 is 0 Å². The largest absolute Gasteiger partial charge is 0.406 e. The second kappa shape index (κ2) is 8.45. The molecule has 2 heterocycles. The van der Waals surface area contributed by atoms with Crippen molar-refractivity contribution >= 4 is 22.7 Å². The molecule has 0 saturated carbocycles. The molecular weight excluding hydrogens is 407 g/mol. The van der Waals surface area contributed by atoms with Gasteiger partial charge in [-0.1, -0.05) is 48.5 Å². The van der Waals surface area contributed by atoms with Crippen LogP contribution in [-0.2, 0) is 11.2 Å². The van der Waals surface area contributed by atoms with E-state index >= 15 is 0 Å². The Bertz CT molecular complexity index is 1050. The van der Waals surface area contributed by atoms with E-state index < -0.39 is 30.6 Å². The van der Waals surface area contributed by atoms with Crippen LogP contribution in [0.2, 0.25) is 0 Å². The number of alkyl halides is 3. The first-order valence-electron chi connectivity index (χ1n) is 10.1. The summed E-state index contributed by atoms with van der Waals surface area (Å²) < 4.78 is 39.9. The zero-order valence-electron chi connectivity index (χ0n) is 16.7. The van der Waals surface area contributed by atoms with Gasteiger partial charge in [0, 0.05) is 24.0 Å². The summed E-state index contributed by atoms with van der Waals surface area (Å²) in [5, 5.41) is 0.722. The van der Waals surface area contributed by atoms with Gasteiger partial charge >= 0.3 is 6.18 Å². The van der Waals surface area contributed by atoms with E-state index in [0.717, 1.165) is 10.9 Å². The Morgan fingerprint density at radius 2 is 1.81 bits per heavy atom. The summed E-state index contributed by atoms with van der Waals surface area (Å²) in [6.45, 7) is -0.741. The molecule has 2 amide bonds. The number of para-hydroxylation sites is 1. The van der Waals surface area contributed by atoms with E-state index in [9.17, 15) is 22.8 Å². The molecule has 0 bridgehead atoms. The summed E-state index contributed by atoms with van der Waals surface area (Å²) in [5.41, 5.74) is 1.74. The third-order valence-electron chi connectivity index (χ3n) is 5.53. The number of carbonyl (C=O) groups excluding carboxylic acids is 2. The summed E-state index contributed by atoms with van der Waals surface area (Å²) in [7, 11) is 0. The summed E-state index contributed by atoms with van der Waals surface area (Å²) in [5.74, 6) is -1.26. The van der Waals surface area contributed by atoms with Gasteiger partial charge in [-0.2, -0.15) is 13.2 Å². The minimum atomic E-state index is -4.61. The molecule has 162 valence electrons.